The molecule has 0 aliphatic heterocycles. The molecular formula is C15H23IN2OS2. The van der Waals surface area contributed by atoms with Crippen molar-refractivity contribution in [3.05, 3.63) is 27.3 Å². The van der Waals surface area contributed by atoms with Crippen molar-refractivity contribution in [3.8, 4) is 0 Å². The summed E-state index contributed by atoms with van der Waals surface area (Å²) in [7, 11) is 0. The number of hydrogen-bond acceptors (Lipinski definition) is 4. The fourth-order valence-electron chi connectivity index (χ4n) is 1.72. The summed E-state index contributed by atoms with van der Waals surface area (Å²) >= 11 is 5.68. The first-order valence-electron chi connectivity index (χ1n) is 6.71. The molecule has 118 valence electrons. The van der Waals surface area contributed by atoms with E-state index in [9.17, 15) is 4.79 Å². The van der Waals surface area contributed by atoms with Crippen molar-refractivity contribution < 1.29 is 4.79 Å². The van der Waals surface area contributed by atoms with Crippen molar-refractivity contribution in [1.82, 2.24) is 5.32 Å². The highest BCUT2D eigenvalue weighted by Crippen LogP contribution is 2.22. The average molecular weight is 438 g/mol. The van der Waals surface area contributed by atoms with Gasteiger partial charge in [-0.25, -0.2) is 0 Å². The summed E-state index contributed by atoms with van der Waals surface area (Å²) < 4.78 is 1.39. The second-order valence-electron chi connectivity index (χ2n) is 5.35. The molecule has 2 N–H and O–H groups in total. The molecule has 1 aromatic rings. The molecule has 0 aromatic heterocycles. The maximum Gasteiger partial charge on any atom is 0.234 e. The number of rotatable bonds is 8. The molecule has 0 bridgehead atoms. The van der Waals surface area contributed by atoms with Crippen LogP contribution < -0.4 is 10.6 Å². The van der Waals surface area contributed by atoms with E-state index < -0.39 is 0 Å². The Morgan fingerprint density at radius 2 is 2.05 bits per heavy atom. The molecule has 0 fully saturated rings. The van der Waals surface area contributed by atoms with Crippen LogP contribution in [0.3, 0.4) is 0 Å². The highest BCUT2D eigenvalue weighted by molar-refractivity contribution is 14.1. The lowest BCUT2D eigenvalue weighted by atomic mass is 10.1. The van der Waals surface area contributed by atoms with Gasteiger partial charge in [0.2, 0.25) is 5.91 Å². The Labute approximate surface area is 149 Å². The first-order valence-corrected chi connectivity index (χ1v) is 10.4. The summed E-state index contributed by atoms with van der Waals surface area (Å²) in [5, 5.41) is 6.48. The molecule has 0 saturated carbocycles. The minimum atomic E-state index is 0.0504. The van der Waals surface area contributed by atoms with Gasteiger partial charge in [-0.1, -0.05) is 0 Å². The van der Waals surface area contributed by atoms with Crippen LogP contribution in [0.15, 0.2) is 18.2 Å². The van der Waals surface area contributed by atoms with Crippen LogP contribution in [-0.4, -0.2) is 35.5 Å². The SMILES string of the molecule is CSCC(=O)Nc1ccc(I)cc1CNCC(C)(C)SC. The van der Waals surface area contributed by atoms with E-state index in [1.165, 1.54) is 15.3 Å². The summed E-state index contributed by atoms with van der Waals surface area (Å²) in [6, 6.07) is 6.12. The minimum absolute atomic E-state index is 0.0504. The Morgan fingerprint density at radius 1 is 1.33 bits per heavy atom. The molecule has 0 heterocycles. The van der Waals surface area contributed by atoms with E-state index in [0.29, 0.717) is 5.75 Å². The van der Waals surface area contributed by atoms with Gasteiger partial charge in [-0.2, -0.15) is 23.5 Å². The predicted molar refractivity (Wildman–Crippen MR) is 105 cm³/mol. The van der Waals surface area contributed by atoms with Gasteiger partial charge in [-0.05, 0) is 72.7 Å². The fourth-order valence-corrected chi connectivity index (χ4v) is 2.85. The van der Waals surface area contributed by atoms with Gasteiger partial charge in [0, 0.05) is 27.1 Å². The molecule has 1 amide bonds. The van der Waals surface area contributed by atoms with Gasteiger partial charge in [-0.15, -0.1) is 0 Å². The Balaban J connectivity index is 2.71. The van der Waals surface area contributed by atoms with E-state index in [1.807, 2.05) is 30.2 Å². The van der Waals surface area contributed by atoms with Crippen molar-refractivity contribution in [3.63, 3.8) is 0 Å². The van der Waals surface area contributed by atoms with Gasteiger partial charge in [0.25, 0.3) is 0 Å². The van der Waals surface area contributed by atoms with E-state index in [0.717, 1.165) is 24.3 Å². The summed E-state index contributed by atoms with van der Waals surface area (Å²) in [6.07, 6.45) is 4.06. The molecule has 0 aliphatic carbocycles. The van der Waals surface area contributed by atoms with Crippen molar-refractivity contribution in [2.24, 2.45) is 0 Å². The molecule has 3 nitrogen and oxygen atoms in total. The first kappa shape index (κ1) is 19.1. The number of amides is 1. The van der Waals surface area contributed by atoms with Gasteiger partial charge in [0.05, 0.1) is 5.75 Å². The van der Waals surface area contributed by atoms with Crippen molar-refractivity contribution in [2.75, 3.05) is 30.1 Å². The maximum atomic E-state index is 11.8. The Morgan fingerprint density at radius 3 is 2.67 bits per heavy atom. The molecule has 0 unspecified atom stereocenters. The Bertz CT molecular complexity index is 481. The highest BCUT2D eigenvalue weighted by atomic mass is 127. The summed E-state index contributed by atoms with van der Waals surface area (Å²) in [5.74, 6) is 0.535. The number of nitrogens with one attached hydrogen (secondary N) is 2. The lowest BCUT2D eigenvalue weighted by Crippen LogP contribution is -2.31. The molecule has 0 atom stereocenters. The summed E-state index contributed by atoms with van der Waals surface area (Å²) in [6.45, 7) is 6.13. The Hall–Kier alpha value is 0.0800. The standard InChI is InChI=1S/C15H23IN2OS2/c1-15(2,21-4)10-17-8-11-7-12(16)5-6-13(11)18-14(19)9-20-3/h5-7,17H,8-10H2,1-4H3,(H,18,19). The number of hydrogen-bond donors (Lipinski definition) is 2. The van der Waals surface area contributed by atoms with Gasteiger partial charge in [-0.3, -0.25) is 4.79 Å². The number of anilines is 1. The van der Waals surface area contributed by atoms with Crippen LogP contribution >= 0.6 is 46.1 Å². The third-order valence-corrected chi connectivity index (χ3v) is 5.51. The molecule has 0 radical (unpaired) electrons. The lowest BCUT2D eigenvalue weighted by molar-refractivity contribution is -0.113. The molecular weight excluding hydrogens is 415 g/mol. The summed E-state index contributed by atoms with van der Waals surface area (Å²) in [5.41, 5.74) is 2.04. The third kappa shape index (κ3) is 7.25. The molecule has 21 heavy (non-hydrogen) atoms. The number of halogens is 1. The van der Waals surface area contributed by atoms with E-state index in [4.69, 9.17) is 0 Å². The normalized spacial score (nSPS) is 11.5. The molecule has 1 aromatic carbocycles. The molecule has 6 heteroatoms. The fraction of sp³-hybridized carbons (Fsp3) is 0.533. The zero-order chi connectivity index (χ0) is 15.9. The number of thioether (sulfide) groups is 2. The van der Waals surface area contributed by atoms with Crippen LogP contribution in [-0.2, 0) is 11.3 Å². The van der Waals surface area contributed by atoms with E-state index in [1.54, 1.807) is 0 Å². The van der Waals surface area contributed by atoms with E-state index in [2.05, 4.69) is 59.4 Å². The zero-order valence-corrected chi connectivity index (χ0v) is 16.7. The van der Waals surface area contributed by atoms with Gasteiger partial charge >= 0.3 is 0 Å². The van der Waals surface area contributed by atoms with Gasteiger partial charge in [0.15, 0.2) is 0 Å². The monoisotopic (exact) mass is 438 g/mol. The van der Waals surface area contributed by atoms with E-state index in [-0.39, 0.29) is 10.7 Å². The van der Waals surface area contributed by atoms with Crippen LogP contribution in [0.25, 0.3) is 0 Å². The first-order chi connectivity index (χ1) is 9.88. The number of carbonyl (C=O) groups excluding carboxylic acids is 1. The molecule has 0 saturated heterocycles. The molecule has 1 rings (SSSR count). The van der Waals surface area contributed by atoms with Crippen molar-refractivity contribution in [2.45, 2.75) is 25.1 Å². The second-order valence-corrected chi connectivity index (χ2v) is 8.98. The van der Waals surface area contributed by atoms with Crippen LogP contribution in [0.4, 0.5) is 5.69 Å². The third-order valence-electron chi connectivity index (χ3n) is 3.04. The van der Waals surface area contributed by atoms with Crippen LogP contribution in [0.2, 0.25) is 0 Å². The smallest absolute Gasteiger partial charge is 0.234 e. The number of benzene rings is 1. The topological polar surface area (TPSA) is 41.1 Å². The largest absolute Gasteiger partial charge is 0.325 e. The average Bonchev–Trinajstić information content (AvgIpc) is 2.42. The maximum absolute atomic E-state index is 11.8. The predicted octanol–water partition coefficient (Wildman–Crippen LogP) is 3.82. The lowest BCUT2D eigenvalue weighted by Gasteiger charge is -2.23. The van der Waals surface area contributed by atoms with E-state index >= 15 is 0 Å². The van der Waals surface area contributed by atoms with Crippen LogP contribution in [0.5, 0.6) is 0 Å². The highest BCUT2D eigenvalue weighted by Gasteiger charge is 2.15. The Kier molecular flexibility index (Phi) is 8.44. The van der Waals surface area contributed by atoms with Crippen molar-refractivity contribution >= 4 is 57.7 Å². The van der Waals surface area contributed by atoms with Gasteiger partial charge in [0.1, 0.15) is 0 Å². The summed E-state index contributed by atoms with van der Waals surface area (Å²) in [4.78, 5) is 11.8. The second kappa shape index (κ2) is 9.27. The molecule has 0 spiro atoms. The van der Waals surface area contributed by atoms with Crippen molar-refractivity contribution in [1.29, 1.82) is 0 Å². The van der Waals surface area contributed by atoms with Crippen LogP contribution in [0, 0.1) is 3.57 Å². The quantitative estimate of drug-likeness (QED) is 0.606. The van der Waals surface area contributed by atoms with Crippen LogP contribution in [0.1, 0.15) is 19.4 Å². The minimum Gasteiger partial charge on any atom is -0.325 e. The van der Waals surface area contributed by atoms with Gasteiger partial charge < -0.3 is 10.6 Å². The zero-order valence-electron chi connectivity index (χ0n) is 13.0. The molecule has 0 aliphatic rings. The number of carbonyl (C=O) groups is 1.